The molecular weight excluding hydrogens is 482 g/mol. The number of halogens is 1. The maximum absolute atomic E-state index is 13.3. The molecule has 0 spiro atoms. The number of para-hydroxylation sites is 1. The van der Waals surface area contributed by atoms with Gasteiger partial charge in [-0.15, -0.1) is 0 Å². The molecule has 1 atom stereocenters. The second-order valence-electron chi connectivity index (χ2n) is 8.69. The Hall–Kier alpha value is -4.24. The van der Waals surface area contributed by atoms with Crippen LogP contribution >= 0.6 is 11.6 Å². The standard InChI is InChI=1S/C26H22ClN5O4/c1-13-11-22(25(34)30-20-10-9-15-14(2)16(26(35)36)7-8-17(15)20)32-23(29-13)18(12-28-32)24(33)31-21-6-4-3-5-19(21)27/h3-8,11-12,20H,9-10H2,1-2H3,(H,30,34)(H,31,33)(H,35,36). The predicted molar refractivity (Wildman–Crippen MR) is 134 cm³/mol. The normalized spacial score (nSPS) is 14.5. The molecule has 10 heteroatoms. The lowest BCUT2D eigenvalue weighted by atomic mass is 9.98. The molecular formula is C26H22ClN5O4. The van der Waals surface area contributed by atoms with E-state index >= 15 is 0 Å². The zero-order chi connectivity index (χ0) is 25.6. The summed E-state index contributed by atoms with van der Waals surface area (Å²) in [5.41, 5.74) is 4.55. The van der Waals surface area contributed by atoms with E-state index in [0.717, 1.165) is 16.7 Å². The number of fused-ring (bicyclic) bond motifs is 2. The van der Waals surface area contributed by atoms with Gasteiger partial charge in [0.25, 0.3) is 11.8 Å². The summed E-state index contributed by atoms with van der Waals surface area (Å²) in [6.45, 7) is 3.53. The molecule has 4 aromatic rings. The molecule has 182 valence electrons. The molecule has 2 amide bonds. The Morgan fingerprint density at radius 1 is 1.08 bits per heavy atom. The van der Waals surface area contributed by atoms with E-state index in [9.17, 15) is 19.5 Å². The molecule has 2 aromatic heterocycles. The second kappa shape index (κ2) is 9.09. The molecule has 5 rings (SSSR count). The van der Waals surface area contributed by atoms with Gasteiger partial charge in [-0.3, -0.25) is 9.59 Å². The highest BCUT2D eigenvalue weighted by molar-refractivity contribution is 6.34. The largest absolute Gasteiger partial charge is 0.478 e. The third-order valence-electron chi connectivity index (χ3n) is 6.43. The zero-order valence-electron chi connectivity index (χ0n) is 19.5. The minimum Gasteiger partial charge on any atom is -0.478 e. The number of hydrogen-bond acceptors (Lipinski definition) is 5. The van der Waals surface area contributed by atoms with E-state index in [1.807, 2.05) is 0 Å². The maximum atomic E-state index is 13.3. The average Bonchev–Trinajstić information content (AvgIpc) is 3.45. The molecule has 1 aliphatic carbocycles. The summed E-state index contributed by atoms with van der Waals surface area (Å²) in [5, 5.41) is 19.9. The molecule has 0 saturated heterocycles. The Bertz CT molecular complexity index is 1560. The van der Waals surface area contributed by atoms with Gasteiger partial charge in [-0.1, -0.05) is 29.8 Å². The molecule has 0 fully saturated rings. The Kier molecular flexibility index (Phi) is 5.93. The Labute approximate surface area is 211 Å². The molecule has 0 bridgehead atoms. The van der Waals surface area contributed by atoms with Gasteiger partial charge in [-0.2, -0.15) is 5.10 Å². The number of aromatic nitrogens is 3. The van der Waals surface area contributed by atoms with Crippen LogP contribution in [0.15, 0.2) is 48.7 Å². The number of nitrogens with zero attached hydrogens (tertiary/aromatic N) is 3. The minimum atomic E-state index is -0.967. The summed E-state index contributed by atoms with van der Waals surface area (Å²) >= 11 is 6.16. The van der Waals surface area contributed by atoms with E-state index in [0.29, 0.717) is 29.2 Å². The number of nitrogens with one attached hydrogen (secondary N) is 2. The van der Waals surface area contributed by atoms with Crippen molar-refractivity contribution >= 4 is 40.7 Å². The molecule has 1 unspecified atom stereocenters. The predicted octanol–water partition coefficient (Wildman–Crippen LogP) is 4.37. The van der Waals surface area contributed by atoms with Crippen LogP contribution in [0.4, 0.5) is 5.69 Å². The first-order chi connectivity index (χ1) is 17.2. The first-order valence-corrected chi connectivity index (χ1v) is 11.7. The molecule has 1 aliphatic rings. The van der Waals surface area contributed by atoms with E-state index in [1.54, 1.807) is 56.3 Å². The van der Waals surface area contributed by atoms with Crippen LogP contribution in [0.5, 0.6) is 0 Å². The van der Waals surface area contributed by atoms with Crippen molar-refractivity contribution in [2.24, 2.45) is 0 Å². The van der Waals surface area contributed by atoms with Crippen molar-refractivity contribution < 1.29 is 19.5 Å². The first-order valence-electron chi connectivity index (χ1n) is 11.3. The Morgan fingerprint density at radius 3 is 2.61 bits per heavy atom. The fraction of sp³-hybridized carbons (Fsp3) is 0.192. The topological polar surface area (TPSA) is 126 Å². The number of carbonyl (C=O) groups is 3. The number of anilines is 1. The smallest absolute Gasteiger partial charge is 0.335 e. The van der Waals surface area contributed by atoms with Gasteiger partial charge in [0, 0.05) is 5.69 Å². The van der Waals surface area contributed by atoms with Crippen molar-refractivity contribution in [2.75, 3.05) is 5.32 Å². The highest BCUT2D eigenvalue weighted by Crippen LogP contribution is 2.35. The Morgan fingerprint density at radius 2 is 1.86 bits per heavy atom. The summed E-state index contributed by atoms with van der Waals surface area (Å²) in [4.78, 5) is 42.2. The summed E-state index contributed by atoms with van der Waals surface area (Å²) < 4.78 is 1.35. The van der Waals surface area contributed by atoms with Crippen molar-refractivity contribution in [1.29, 1.82) is 0 Å². The van der Waals surface area contributed by atoms with Crippen LogP contribution in [0.3, 0.4) is 0 Å². The van der Waals surface area contributed by atoms with E-state index in [-0.39, 0.29) is 34.4 Å². The van der Waals surface area contributed by atoms with Gasteiger partial charge in [-0.25, -0.2) is 14.3 Å². The number of amides is 2. The van der Waals surface area contributed by atoms with Crippen LogP contribution in [0, 0.1) is 13.8 Å². The molecule has 9 nitrogen and oxygen atoms in total. The summed E-state index contributed by atoms with van der Waals surface area (Å²) in [5.74, 6) is -1.79. The van der Waals surface area contributed by atoms with Crippen molar-refractivity contribution in [3.05, 3.63) is 92.9 Å². The first kappa shape index (κ1) is 23.5. The Balaban J connectivity index is 1.44. The van der Waals surface area contributed by atoms with Gasteiger partial charge in [0.1, 0.15) is 11.3 Å². The highest BCUT2D eigenvalue weighted by atomic mass is 35.5. The van der Waals surface area contributed by atoms with E-state index in [1.165, 1.54) is 10.7 Å². The second-order valence-corrected chi connectivity index (χ2v) is 9.09. The summed E-state index contributed by atoms with van der Waals surface area (Å²) in [6.07, 6.45) is 2.70. The minimum absolute atomic E-state index is 0.204. The summed E-state index contributed by atoms with van der Waals surface area (Å²) in [7, 11) is 0. The monoisotopic (exact) mass is 503 g/mol. The fourth-order valence-corrected chi connectivity index (χ4v) is 4.84. The average molecular weight is 504 g/mol. The lowest BCUT2D eigenvalue weighted by Gasteiger charge is -2.16. The van der Waals surface area contributed by atoms with Crippen molar-refractivity contribution in [3.8, 4) is 0 Å². The molecule has 2 aromatic carbocycles. The number of carbonyl (C=O) groups excluding carboxylic acids is 2. The van der Waals surface area contributed by atoms with E-state index in [4.69, 9.17) is 11.6 Å². The third kappa shape index (κ3) is 4.07. The van der Waals surface area contributed by atoms with Gasteiger partial charge in [-0.05, 0) is 67.6 Å². The number of carboxylic acids is 1. The molecule has 0 radical (unpaired) electrons. The number of carboxylic acid groups (broad SMARTS) is 1. The molecule has 0 saturated carbocycles. The number of hydrogen-bond donors (Lipinski definition) is 3. The third-order valence-corrected chi connectivity index (χ3v) is 6.76. The maximum Gasteiger partial charge on any atom is 0.335 e. The van der Waals surface area contributed by atoms with Crippen LogP contribution in [-0.2, 0) is 6.42 Å². The van der Waals surface area contributed by atoms with Crippen LogP contribution in [0.25, 0.3) is 5.65 Å². The van der Waals surface area contributed by atoms with Gasteiger partial charge in [0.2, 0.25) is 0 Å². The lowest BCUT2D eigenvalue weighted by Crippen LogP contribution is -2.29. The quantitative estimate of drug-likeness (QED) is 0.371. The van der Waals surface area contributed by atoms with Gasteiger partial charge in [0.05, 0.1) is 28.5 Å². The van der Waals surface area contributed by atoms with Crippen LogP contribution in [0.1, 0.15) is 66.1 Å². The molecule has 3 N–H and O–H groups in total. The zero-order valence-corrected chi connectivity index (χ0v) is 20.3. The van der Waals surface area contributed by atoms with Crippen molar-refractivity contribution in [2.45, 2.75) is 32.7 Å². The molecule has 2 heterocycles. The lowest BCUT2D eigenvalue weighted by molar-refractivity contribution is 0.0695. The molecule has 36 heavy (non-hydrogen) atoms. The van der Waals surface area contributed by atoms with Crippen molar-refractivity contribution in [1.82, 2.24) is 19.9 Å². The van der Waals surface area contributed by atoms with Crippen LogP contribution in [-0.4, -0.2) is 37.5 Å². The fourth-order valence-electron chi connectivity index (χ4n) is 4.65. The number of rotatable bonds is 5. The van der Waals surface area contributed by atoms with Crippen LogP contribution < -0.4 is 10.6 Å². The van der Waals surface area contributed by atoms with E-state index < -0.39 is 11.9 Å². The highest BCUT2D eigenvalue weighted by Gasteiger charge is 2.29. The molecule has 0 aliphatic heterocycles. The van der Waals surface area contributed by atoms with Crippen molar-refractivity contribution in [3.63, 3.8) is 0 Å². The van der Waals surface area contributed by atoms with E-state index in [2.05, 4.69) is 20.7 Å². The van der Waals surface area contributed by atoms with Crippen LogP contribution in [0.2, 0.25) is 5.02 Å². The van der Waals surface area contributed by atoms with Gasteiger partial charge < -0.3 is 15.7 Å². The summed E-state index contributed by atoms with van der Waals surface area (Å²) in [6, 6.07) is 11.6. The van der Waals surface area contributed by atoms with Gasteiger partial charge in [0.15, 0.2) is 5.65 Å². The number of aromatic carboxylic acids is 1. The number of aryl methyl sites for hydroxylation is 1. The SMILES string of the molecule is Cc1cc(C(=O)NC2CCc3c2ccc(C(=O)O)c3C)n2ncc(C(=O)Nc3ccccc3Cl)c2n1. The number of benzene rings is 2. The van der Waals surface area contributed by atoms with Gasteiger partial charge >= 0.3 is 5.97 Å².